The Kier molecular flexibility index (Phi) is 3.43. The van der Waals surface area contributed by atoms with Gasteiger partial charge in [0.2, 0.25) is 0 Å². The van der Waals surface area contributed by atoms with E-state index in [0.717, 1.165) is 27.1 Å². The lowest BCUT2D eigenvalue weighted by molar-refractivity contribution is 1.33. The van der Waals surface area contributed by atoms with Crippen LogP contribution >= 0.6 is 11.3 Å². The monoisotopic (exact) mass is 291 g/mol. The minimum absolute atomic E-state index is 0.536. The van der Waals surface area contributed by atoms with Gasteiger partial charge in [0.15, 0.2) is 0 Å². The standard InChI is InChI=1S/C17H13N3S/c1-11-5-2-3-7-13(11)17-15(12-6-4-8-20-10-12)16(19)14(9-18)21-17/h2-8,10H,19H2,1H3. The zero-order chi connectivity index (χ0) is 14.8. The van der Waals surface area contributed by atoms with E-state index in [4.69, 9.17) is 5.73 Å². The highest BCUT2D eigenvalue weighted by atomic mass is 32.1. The first-order valence-corrected chi connectivity index (χ1v) is 7.32. The maximum Gasteiger partial charge on any atom is 0.129 e. The second-order valence-corrected chi connectivity index (χ2v) is 5.74. The number of aromatic nitrogens is 1. The van der Waals surface area contributed by atoms with Crippen LogP contribution in [-0.4, -0.2) is 4.98 Å². The minimum Gasteiger partial charge on any atom is -0.396 e. The van der Waals surface area contributed by atoms with Crippen LogP contribution in [0, 0.1) is 18.3 Å². The molecule has 1 aromatic carbocycles. The number of thiophene rings is 1. The zero-order valence-electron chi connectivity index (χ0n) is 11.5. The molecule has 0 spiro atoms. The first-order valence-electron chi connectivity index (χ1n) is 6.51. The SMILES string of the molecule is Cc1ccccc1-c1sc(C#N)c(N)c1-c1cccnc1. The molecule has 3 rings (SSSR count). The molecule has 2 aromatic heterocycles. The number of nitriles is 1. The Morgan fingerprint density at radius 1 is 1.19 bits per heavy atom. The van der Waals surface area contributed by atoms with Crippen molar-refractivity contribution in [1.29, 1.82) is 5.26 Å². The first-order chi connectivity index (χ1) is 10.2. The van der Waals surface area contributed by atoms with Gasteiger partial charge in [-0.05, 0) is 24.1 Å². The molecular weight excluding hydrogens is 278 g/mol. The Hall–Kier alpha value is -2.64. The Morgan fingerprint density at radius 3 is 2.67 bits per heavy atom. The Labute approximate surface area is 127 Å². The van der Waals surface area contributed by atoms with Gasteiger partial charge in [-0.1, -0.05) is 30.3 Å². The first kappa shape index (κ1) is 13.3. The molecule has 4 heteroatoms. The average molecular weight is 291 g/mol. The van der Waals surface area contributed by atoms with Crippen LogP contribution in [0.4, 0.5) is 5.69 Å². The van der Waals surface area contributed by atoms with E-state index >= 15 is 0 Å². The maximum atomic E-state index is 9.28. The molecule has 21 heavy (non-hydrogen) atoms. The summed E-state index contributed by atoms with van der Waals surface area (Å²) in [5.41, 5.74) is 10.8. The van der Waals surface area contributed by atoms with Gasteiger partial charge in [-0.25, -0.2) is 0 Å². The van der Waals surface area contributed by atoms with Gasteiger partial charge in [-0.2, -0.15) is 5.26 Å². The molecule has 0 radical (unpaired) electrons. The Balaban J connectivity index is 2.32. The molecule has 0 aliphatic rings. The van der Waals surface area contributed by atoms with E-state index in [-0.39, 0.29) is 0 Å². The molecule has 0 saturated carbocycles. The summed E-state index contributed by atoms with van der Waals surface area (Å²) in [5, 5.41) is 9.28. The summed E-state index contributed by atoms with van der Waals surface area (Å²) in [5.74, 6) is 0. The predicted molar refractivity (Wildman–Crippen MR) is 86.9 cm³/mol. The lowest BCUT2D eigenvalue weighted by atomic mass is 9.99. The summed E-state index contributed by atoms with van der Waals surface area (Å²) in [7, 11) is 0. The minimum atomic E-state index is 0.536. The summed E-state index contributed by atoms with van der Waals surface area (Å²) in [6.07, 6.45) is 3.51. The second kappa shape index (κ2) is 5.39. The van der Waals surface area contributed by atoms with Crippen molar-refractivity contribution in [3.63, 3.8) is 0 Å². The normalized spacial score (nSPS) is 10.3. The van der Waals surface area contributed by atoms with Crippen molar-refractivity contribution in [2.75, 3.05) is 5.73 Å². The molecule has 0 bridgehead atoms. The highest BCUT2D eigenvalue weighted by Gasteiger charge is 2.19. The van der Waals surface area contributed by atoms with E-state index in [0.29, 0.717) is 10.6 Å². The average Bonchev–Trinajstić information content (AvgIpc) is 2.85. The second-order valence-electron chi connectivity index (χ2n) is 4.72. The molecular formula is C17H13N3S. The highest BCUT2D eigenvalue weighted by molar-refractivity contribution is 7.17. The Bertz CT molecular complexity index is 829. The van der Waals surface area contributed by atoms with Gasteiger partial charge in [0.25, 0.3) is 0 Å². The van der Waals surface area contributed by atoms with E-state index in [1.165, 1.54) is 11.3 Å². The van der Waals surface area contributed by atoms with Crippen LogP contribution in [-0.2, 0) is 0 Å². The third-order valence-electron chi connectivity index (χ3n) is 3.39. The van der Waals surface area contributed by atoms with Crippen LogP contribution in [0.1, 0.15) is 10.4 Å². The number of anilines is 1. The van der Waals surface area contributed by atoms with Crippen molar-refractivity contribution in [2.45, 2.75) is 6.92 Å². The molecule has 2 heterocycles. The molecule has 0 atom stereocenters. The molecule has 3 nitrogen and oxygen atoms in total. The van der Waals surface area contributed by atoms with Gasteiger partial charge >= 0.3 is 0 Å². The quantitative estimate of drug-likeness (QED) is 0.768. The predicted octanol–water partition coefficient (Wildman–Crippen LogP) is 4.24. The zero-order valence-corrected chi connectivity index (χ0v) is 12.3. The summed E-state index contributed by atoms with van der Waals surface area (Å²) >= 11 is 1.43. The fourth-order valence-electron chi connectivity index (χ4n) is 2.34. The van der Waals surface area contributed by atoms with Gasteiger partial charge in [0, 0.05) is 28.4 Å². The summed E-state index contributed by atoms with van der Waals surface area (Å²) < 4.78 is 0. The molecule has 0 aliphatic carbocycles. The van der Waals surface area contributed by atoms with Gasteiger partial charge < -0.3 is 5.73 Å². The Morgan fingerprint density at radius 2 is 2.00 bits per heavy atom. The molecule has 102 valence electrons. The van der Waals surface area contributed by atoms with Crippen molar-refractivity contribution in [3.8, 4) is 27.6 Å². The van der Waals surface area contributed by atoms with Crippen LogP contribution in [0.25, 0.3) is 21.6 Å². The third kappa shape index (κ3) is 2.28. The van der Waals surface area contributed by atoms with Gasteiger partial charge in [-0.15, -0.1) is 11.3 Å². The van der Waals surface area contributed by atoms with E-state index in [9.17, 15) is 5.26 Å². The van der Waals surface area contributed by atoms with Gasteiger partial charge in [0.05, 0.1) is 5.69 Å². The number of aryl methyl sites for hydroxylation is 1. The molecule has 3 aromatic rings. The molecule has 0 saturated heterocycles. The summed E-state index contributed by atoms with van der Waals surface area (Å²) in [4.78, 5) is 5.73. The number of nitrogens with two attached hydrogens (primary N) is 1. The fraction of sp³-hybridized carbons (Fsp3) is 0.0588. The van der Waals surface area contributed by atoms with E-state index in [1.807, 2.05) is 24.3 Å². The van der Waals surface area contributed by atoms with Crippen LogP contribution in [0.15, 0.2) is 48.8 Å². The largest absolute Gasteiger partial charge is 0.396 e. The number of hydrogen-bond donors (Lipinski definition) is 1. The molecule has 0 amide bonds. The number of pyridine rings is 1. The van der Waals surface area contributed by atoms with E-state index in [1.54, 1.807) is 12.4 Å². The number of nitrogen functional groups attached to an aromatic ring is 1. The summed E-state index contributed by atoms with van der Waals surface area (Å²) in [6, 6.07) is 14.1. The molecule has 2 N–H and O–H groups in total. The van der Waals surface area contributed by atoms with Crippen molar-refractivity contribution in [1.82, 2.24) is 4.98 Å². The van der Waals surface area contributed by atoms with E-state index in [2.05, 4.69) is 30.1 Å². The number of hydrogen-bond acceptors (Lipinski definition) is 4. The van der Waals surface area contributed by atoms with Crippen molar-refractivity contribution >= 4 is 17.0 Å². The highest BCUT2D eigenvalue weighted by Crippen LogP contribution is 2.45. The molecule has 0 fully saturated rings. The number of benzene rings is 1. The van der Waals surface area contributed by atoms with Crippen molar-refractivity contribution in [2.24, 2.45) is 0 Å². The van der Waals surface area contributed by atoms with Crippen LogP contribution in [0.3, 0.4) is 0 Å². The molecule has 0 aliphatic heterocycles. The van der Waals surface area contributed by atoms with E-state index < -0.39 is 0 Å². The topological polar surface area (TPSA) is 62.7 Å². The number of rotatable bonds is 2. The van der Waals surface area contributed by atoms with Gasteiger partial charge in [-0.3, -0.25) is 4.98 Å². The molecule has 0 unspecified atom stereocenters. The van der Waals surface area contributed by atoms with Crippen LogP contribution in [0.5, 0.6) is 0 Å². The number of nitrogens with zero attached hydrogens (tertiary/aromatic N) is 2. The smallest absolute Gasteiger partial charge is 0.129 e. The maximum absolute atomic E-state index is 9.28. The van der Waals surface area contributed by atoms with Gasteiger partial charge in [0.1, 0.15) is 10.9 Å². The third-order valence-corrected chi connectivity index (χ3v) is 4.53. The summed E-state index contributed by atoms with van der Waals surface area (Å²) in [6.45, 7) is 2.06. The van der Waals surface area contributed by atoms with Crippen molar-refractivity contribution < 1.29 is 0 Å². The lowest BCUT2D eigenvalue weighted by Gasteiger charge is -2.08. The van der Waals surface area contributed by atoms with Crippen LogP contribution in [0.2, 0.25) is 0 Å². The van der Waals surface area contributed by atoms with Crippen molar-refractivity contribution in [3.05, 3.63) is 59.2 Å². The lowest BCUT2D eigenvalue weighted by Crippen LogP contribution is -1.90. The van der Waals surface area contributed by atoms with Crippen LogP contribution < -0.4 is 5.73 Å². The fourth-order valence-corrected chi connectivity index (χ4v) is 3.47.